The highest BCUT2D eigenvalue weighted by atomic mass is 35.5. The standard InChI is InChI=1S/C17H17Cl3N2O/c1-3-22(4-2)12-7-5-11(6-8-12)17(23)21-16-10-14(19)13(18)9-15(16)20/h5-10H,3-4H2,1-2H3,(H,21,23). The molecule has 0 aliphatic carbocycles. The zero-order valence-corrected chi connectivity index (χ0v) is 15.1. The van der Waals surface area contributed by atoms with Crippen LogP contribution in [0.25, 0.3) is 0 Å². The zero-order chi connectivity index (χ0) is 17.0. The van der Waals surface area contributed by atoms with Gasteiger partial charge in [0.15, 0.2) is 0 Å². The fraction of sp³-hybridized carbons (Fsp3) is 0.235. The van der Waals surface area contributed by atoms with Crippen molar-refractivity contribution in [2.24, 2.45) is 0 Å². The summed E-state index contributed by atoms with van der Waals surface area (Å²) in [6.07, 6.45) is 0. The van der Waals surface area contributed by atoms with Crippen LogP contribution in [0.3, 0.4) is 0 Å². The predicted molar refractivity (Wildman–Crippen MR) is 99.4 cm³/mol. The number of rotatable bonds is 5. The van der Waals surface area contributed by atoms with Crippen molar-refractivity contribution in [2.45, 2.75) is 13.8 Å². The van der Waals surface area contributed by atoms with E-state index in [0.29, 0.717) is 26.3 Å². The summed E-state index contributed by atoms with van der Waals surface area (Å²) in [6.45, 7) is 6.02. The first-order valence-electron chi connectivity index (χ1n) is 7.27. The largest absolute Gasteiger partial charge is 0.372 e. The van der Waals surface area contributed by atoms with Crippen LogP contribution in [0.1, 0.15) is 24.2 Å². The number of nitrogens with one attached hydrogen (secondary N) is 1. The van der Waals surface area contributed by atoms with Gasteiger partial charge in [0.05, 0.1) is 20.8 Å². The van der Waals surface area contributed by atoms with Gasteiger partial charge in [0.2, 0.25) is 0 Å². The average molecular weight is 372 g/mol. The second kappa shape index (κ2) is 7.91. The Kier molecular flexibility index (Phi) is 6.17. The van der Waals surface area contributed by atoms with Gasteiger partial charge >= 0.3 is 0 Å². The smallest absolute Gasteiger partial charge is 0.255 e. The molecule has 23 heavy (non-hydrogen) atoms. The van der Waals surface area contributed by atoms with Crippen molar-refractivity contribution in [3.05, 3.63) is 57.0 Å². The predicted octanol–water partition coefficient (Wildman–Crippen LogP) is 5.75. The molecule has 6 heteroatoms. The van der Waals surface area contributed by atoms with Gasteiger partial charge in [0.1, 0.15) is 0 Å². The van der Waals surface area contributed by atoms with E-state index in [-0.39, 0.29) is 5.91 Å². The minimum Gasteiger partial charge on any atom is -0.372 e. The normalized spacial score (nSPS) is 10.5. The van der Waals surface area contributed by atoms with Gasteiger partial charge in [-0.2, -0.15) is 0 Å². The Morgan fingerprint density at radius 2 is 1.52 bits per heavy atom. The molecule has 2 aromatic carbocycles. The average Bonchev–Trinajstić information content (AvgIpc) is 2.54. The first kappa shape index (κ1) is 17.9. The molecule has 122 valence electrons. The number of hydrogen-bond donors (Lipinski definition) is 1. The van der Waals surface area contributed by atoms with Crippen LogP contribution in [0.15, 0.2) is 36.4 Å². The highest BCUT2D eigenvalue weighted by Crippen LogP contribution is 2.32. The number of carbonyl (C=O) groups is 1. The lowest BCUT2D eigenvalue weighted by atomic mass is 10.1. The van der Waals surface area contributed by atoms with E-state index in [0.717, 1.165) is 18.8 Å². The number of anilines is 2. The van der Waals surface area contributed by atoms with Crippen molar-refractivity contribution in [1.29, 1.82) is 0 Å². The molecule has 0 atom stereocenters. The number of benzene rings is 2. The van der Waals surface area contributed by atoms with Gasteiger partial charge < -0.3 is 10.2 Å². The van der Waals surface area contributed by atoms with E-state index >= 15 is 0 Å². The Labute approximate surface area is 151 Å². The van der Waals surface area contributed by atoms with Crippen LogP contribution < -0.4 is 10.2 Å². The van der Waals surface area contributed by atoms with E-state index in [2.05, 4.69) is 24.1 Å². The molecular weight excluding hydrogens is 355 g/mol. The van der Waals surface area contributed by atoms with Crippen LogP contribution in [0.5, 0.6) is 0 Å². The molecular formula is C17H17Cl3N2O. The monoisotopic (exact) mass is 370 g/mol. The summed E-state index contributed by atoms with van der Waals surface area (Å²) >= 11 is 17.9. The van der Waals surface area contributed by atoms with E-state index in [1.807, 2.05) is 12.1 Å². The van der Waals surface area contributed by atoms with Crippen molar-refractivity contribution in [3.8, 4) is 0 Å². The molecule has 0 heterocycles. The summed E-state index contributed by atoms with van der Waals surface area (Å²) in [5.74, 6) is -0.253. The Hall–Kier alpha value is -1.42. The molecule has 0 aliphatic rings. The first-order valence-corrected chi connectivity index (χ1v) is 8.40. The molecule has 0 spiro atoms. The van der Waals surface area contributed by atoms with Crippen molar-refractivity contribution in [3.63, 3.8) is 0 Å². The van der Waals surface area contributed by atoms with Crippen molar-refractivity contribution >= 4 is 52.1 Å². The van der Waals surface area contributed by atoms with Gasteiger partial charge in [-0.3, -0.25) is 4.79 Å². The van der Waals surface area contributed by atoms with E-state index in [9.17, 15) is 4.79 Å². The number of nitrogens with zero attached hydrogens (tertiary/aromatic N) is 1. The van der Waals surface area contributed by atoms with Crippen LogP contribution in [-0.2, 0) is 0 Å². The Bertz CT molecular complexity index is 698. The minimum absolute atomic E-state index is 0.253. The van der Waals surface area contributed by atoms with Gasteiger partial charge in [-0.05, 0) is 50.2 Å². The highest BCUT2D eigenvalue weighted by molar-refractivity contribution is 6.44. The van der Waals surface area contributed by atoms with Gasteiger partial charge in [0.25, 0.3) is 5.91 Å². The van der Waals surface area contributed by atoms with Crippen LogP contribution >= 0.6 is 34.8 Å². The third-order valence-electron chi connectivity index (χ3n) is 3.52. The molecule has 1 N–H and O–H groups in total. The summed E-state index contributed by atoms with van der Waals surface area (Å²) in [7, 11) is 0. The van der Waals surface area contributed by atoms with Gasteiger partial charge in [-0.25, -0.2) is 0 Å². The summed E-state index contributed by atoms with van der Waals surface area (Å²) in [5, 5.41) is 3.77. The van der Waals surface area contributed by atoms with Crippen molar-refractivity contribution in [1.82, 2.24) is 0 Å². The SMILES string of the molecule is CCN(CC)c1ccc(C(=O)Nc2cc(Cl)c(Cl)cc2Cl)cc1. The maximum absolute atomic E-state index is 12.3. The molecule has 2 aromatic rings. The number of halogens is 3. The fourth-order valence-electron chi connectivity index (χ4n) is 2.23. The molecule has 2 rings (SSSR count). The second-order valence-corrected chi connectivity index (χ2v) is 6.14. The number of amides is 1. The van der Waals surface area contributed by atoms with Crippen LogP contribution in [-0.4, -0.2) is 19.0 Å². The summed E-state index contributed by atoms with van der Waals surface area (Å²) in [6, 6.07) is 10.5. The van der Waals surface area contributed by atoms with E-state index < -0.39 is 0 Å². The molecule has 1 amide bonds. The van der Waals surface area contributed by atoms with E-state index in [1.54, 1.807) is 12.1 Å². The van der Waals surface area contributed by atoms with E-state index in [4.69, 9.17) is 34.8 Å². The minimum atomic E-state index is -0.253. The van der Waals surface area contributed by atoms with Crippen LogP contribution in [0.2, 0.25) is 15.1 Å². The maximum Gasteiger partial charge on any atom is 0.255 e. The quantitative estimate of drug-likeness (QED) is 0.679. The molecule has 0 bridgehead atoms. The molecule has 3 nitrogen and oxygen atoms in total. The first-order chi connectivity index (χ1) is 11.0. The Balaban J connectivity index is 2.17. The fourth-order valence-corrected chi connectivity index (χ4v) is 2.82. The molecule has 0 aromatic heterocycles. The topological polar surface area (TPSA) is 32.3 Å². The van der Waals surface area contributed by atoms with Crippen LogP contribution in [0.4, 0.5) is 11.4 Å². The maximum atomic E-state index is 12.3. The third-order valence-corrected chi connectivity index (χ3v) is 4.55. The molecule has 0 saturated heterocycles. The lowest BCUT2D eigenvalue weighted by Crippen LogP contribution is -2.21. The zero-order valence-electron chi connectivity index (χ0n) is 12.9. The van der Waals surface area contributed by atoms with Gasteiger partial charge in [-0.1, -0.05) is 34.8 Å². The number of carbonyl (C=O) groups excluding carboxylic acids is 1. The van der Waals surface area contributed by atoms with Gasteiger partial charge in [-0.15, -0.1) is 0 Å². The van der Waals surface area contributed by atoms with Crippen molar-refractivity contribution in [2.75, 3.05) is 23.3 Å². The summed E-state index contributed by atoms with van der Waals surface area (Å²) in [5.41, 5.74) is 2.06. The highest BCUT2D eigenvalue weighted by Gasteiger charge is 2.11. The molecule has 0 radical (unpaired) electrons. The lowest BCUT2D eigenvalue weighted by Gasteiger charge is -2.21. The van der Waals surface area contributed by atoms with Gasteiger partial charge in [0, 0.05) is 24.3 Å². The summed E-state index contributed by atoms with van der Waals surface area (Å²) in [4.78, 5) is 14.5. The van der Waals surface area contributed by atoms with E-state index in [1.165, 1.54) is 12.1 Å². The molecule has 0 unspecified atom stereocenters. The molecule has 0 fully saturated rings. The lowest BCUT2D eigenvalue weighted by molar-refractivity contribution is 0.102. The van der Waals surface area contributed by atoms with Crippen LogP contribution in [0, 0.1) is 0 Å². The Morgan fingerprint density at radius 1 is 0.957 bits per heavy atom. The molecule has 0 saturated carbocycles. The third kappa shape index (κ3) is 4.31. The second-order valence-electron chi connectivity index (χ2n) is 4.92. The number of hydrogen-bond acceptors (Lipinski definition) is 2. The summed E-state index contributed by atoms with van der Waals surface area (Å²) < 4.78 is 0. The molecule has 0 aliphatic heterocycles. The van der Waals surface area contributed by atoms with Crippen molar-refractivity contribution < 1.29 is 4.79 Å². The Morgan fingerprint density at radius 3 is 2.09 bits per heavy atom.